The third-order valence-corrected chi connectivity index (χ3v) is 11.6. The Labute approximate surface area is 203 Å². The van der Waals surface area contributed by atoms with Crippen molar-refractivity contribution < 1.29 is 14.6 Å². The number of ether oxygens (including phenoxy) is 1. The molecule has 0 bridgehead atoms. The maximum absolute atomic E-state index is 12.9. The van der Waals surface area contributed by atoms with Crippen LogP contribution in [0.4, 0.5) is 0 Å². The first-order valence-electron chi connectivity index (χ1n) is 14.3. The first-order valence-corrected chi connectivity index (χ1v) is 14.3. The van der Waals surface area contributed by atoms with Crippen molar-refractivity contribution in [1.29, 1.82) is 0 Å². The zero-order chi connectivity index (χ0) is 24.0. The topological polar surface area (TPSA) is 46.5 Å². The highest BCUT2D eigenvalue weighted by Gasteiger charge is 2.64. The maximum atomic E-state index is 12.9. The van der Waals surface area contributed by atoms with Crippen molar-refractivity contribution in [2.75, 3.05) is 13.2 Å². The van der Waals surface area contributed by atoms with Gasteiger partial charge in [0.25, 0.3) is 0 Å². The Morgan fingerprint density at radius 2 is 1.70 bits per heavy atom. The molecule has 3 nitrogen and oxygen atoms in total. The molecule has 4 aliphatic rings. The Balaban J connectivity index is 1.47. The molecule has 0 aliphatic heterocycles. The molecule has 3 heteroatoms. The van der Waals surface area contributed by atoms with Crippen LogP contribution in [0, 0.1) is 57.7 Å². The van der Waals surface area contributed by atoms with Crippen LogP contribution in [-0.4, -0.2) is 24.3 Å². The molecular weight excluding hydrogens is 408 g/mol. The molecule has 1 N–H and O–H groups in total. The largest absolute Gasteiger partial charge is 0.463 e. The minimum absolute atomic E-state index is 0.0690. The van der Waals surface area contributed by atoms with Gasteiger partial charge in [-0.3, -0.25) is 4.79 Å². The Morgan fingerprint density at radius 1 is 0.970 bits per heavy atom. The van der Waals surface area contributed by atoms with E-state index >= 15 is 0 Å². The van der Waals surface area contributed by atoms with Crippen molar-refractivity contribution in [2.24, 2.45) is 57.7 Å². The number of hydrogen-bond acceptors (Lipinski definition) is 3. The number of carbonyl (C=O) groups excluding carboxylic acids is 1. The van der Waals surface area contributed by atoms with Crippen LogP contribution in [0.25, 0.3) is 0 Å². The fourth-order valence-corrected chi connectivity index (χ4v) is 10.1. The van der Waals surface area contributed by atoms with Crippen LogP contribution in [0.2, 0.25) is 0 Å². The number of esters is 1. The van der Waals surface area contributed by atoms with Gasteiger partial charge in [0, 0.05) is 0 Å². The molecule has 0 saturated heterocycles. The summed E-state index contributed by atoms with van der Waals surface area (Å²) in [6.45, 7) is 14.7. The quantitative estimate of drug-likeness (QED) is 0.388. The van der Waals surface area contributed by atoms with Crippen LogP contribution >= 0.6 is 0 Å². The van der Waals surface area contributed by atoms with Crippen molar-refractivity contribution in [3.63, 3.8) is 0 Å². The molecule has 0 radical (unpaired) electrons. The average molecular weight is 461 g/mol. The van der Waals surface area contributed by atoms with E-state index in [0.717, 1.165) is 48.3 Å². The molecule has 0 unspecified atom stereocenters. The third-order valence-electron chi connectivity index (χ3n) is 11.6. The zero-order valence-corrected chi connectivity index (χ0v) is 22.5. The molecule has 4 aliphatic carbocycles. The second-order valence-electron chi connectivity index (χ2n) is 14.0. The van der Waals surface area contributed by atoms with E-state index in [9.17, 15) is 4.79 Å². The van der Waals surface area contributed by atoms with Gasteiger partial charge in [0.05, 0.1) is 12.0 Å². The summed E-state index contributed by atoms with van der Waals surface area (Å²) in [6, 6.07) is 0. The molecule has 33 heavy (non-hydrogen) atoms. The molecule has 4 fully saturated rings. The summed E-state index contributed by atoms with van der Waals surface area (Å²) >= 11 is 0. The zero-order valence-electron chi connectivity index (χ0n) is 22.5. The monoisotopic (exact) mass is 460 g/mol. The van der Waals surface area contributed by atoms with Crippen molar-refractivity contribution in [3.8, 4) is 0 Å². The summed E-state index contributed by atoms with van der Waals surface area (Å²) in [4.78, 5) is 12.9. The lowest BCUT2D eigenvalue weighted by Crippen LogP contribution is -2.51. The molecule has 9 atom stereocenters. The number of rotatable bonds is 8. The van der Waals surface area contributed by atoms with Crippen molar-refractivity contribution in [2.45, 2.75) is 112 Å². The lowest BCUT2D eigenvalue weighted by molar-refractivity contribution is -0.156. The summed E-state index contributed by atoms with van der Waals surface area (Å²) < 4.78 is 5.45. The fraction of sp³-hybridized carbons (Fsp3) is 0.967. The summed E-state index contributed by atoms with van der Waals surface area (Å²) in [5.74, 6) is 5.70. The van der Waals surface area contributed by atoms with E-state index in [1.807, 2.05) is 0 Å². The highest BCUT2D eigenvalue weighted by molar-refractivity contribution is 5.77. The highest BCUT2D eigenvalue weighted by atomic mass is 16.5. The highest BCUT2D eigenvalue weighted by Crippen LogP contribution is 2.71. The Hall–Kier alpha value is -0.570. The maximum Gasteiger partial charge on any atom is 0.311 e. The molecule has 0 spiro atoms. The Morgan fingerprint density at radius 3 is 2.39 bits per heavy atom. The summed E-state index contributed by atoms with van der Waals surface area (Å²) in [6.07, 6.45) is 14.5. The molecule has 0 aromatic rings. The van der Waals surface area contributed by atoms with Crippen molar-refractivity contribution >= 4 is 5.97 Å². The van der Waals surface area contributed by atoms with Crippen LogP contribution in [0.3, 0.4) is 0 Å². The van der Waals surface area contributed by atoms with Gasteiger partial charge >= 0.3 is 5.97 Å². The molecule has 0 heterocycles. The molecule has 190 valence electrons. The van der Waals surface area contributed by atoms with Crippen LogP contribution < -0.4 is 0 Å². The van der Waals surface area contributed by atoms with E-state index in [-0.39, 0.29) is 30.0 Å². The predicted octanol–water partition coefficient (Wildman–Crippen LogP) is 7.26. The summed E-state index contributed by atoms with van der Waals surface area (Å²) in [5, 5.41) is 9.12. The number of hydrogen-bond donors (Lipinski definition) is 1. The minimum Gasteiger partial charge on any atom is -0.463 e. The van der Waals surface area contributed by atoms with Gasteiger partial charge in [-0.2, -0.15) is 0 Å². The minimum atomic E-state index is -0.368. The van der Waals surface area contributed by atoms with Gasteiger partial charge in [0.1, 0.15) is 6.61 Å². The second kappa shape index (κ2) is 9.47. The summed E-state index contributed by atoms with van der Waals surface area (Å²) in [5.41, 5.74) is 0.440. The standard InChI is InChI=1S/C30H52O3/c1-20(2)8-7-9-21(3)24-12-13-25-23-11-10-22-18-28(4,27(32)33-17-16-31)19-30(22,6)26(23)14-15-29(24,25)5/h20-26,31H,7-19H2,1-6H3/t21-,22+,23+,24-,25+,26+,28-,29-,30+/m1/s1. The SMILES string of the molecule is CC(C)CCC[C@@H](C)[C@H]1CC[C@H]2[C@@H]3CC[C@H]4C[C@@](C)(C(=O)OCCO)C[C@]4(C)[C@H]3CC[C@]12C. The van der Waals surface area contributed by atoms with Gasteiger partial charge in [0.15, 0.2) is 0 Å². The van der Waals surface area contributed by atoms with Gasteiger partial charge in [-0.05, 0) is 111 Å². The second-order valence-corrected chi connectivity index (χ2v) is 14.0. The van der Waals surface area contributed by atoms with E-state index in [2.05, 4.69) is 41.5 Å². The molecule has 4 saturated carbocycles. The van der Waals surface area contributed by atoms with E-state index < -0.39 is 0 Å². The van der Waals surface area contributed by atoms with Crippen LogP contribution in [0.1, 0.15) is 112 Å². The lowest BCUT2D eigenvalue weighted by Gasteiger charge is -2.58. The number of fused-ring (bicyclic) bond motifs is 5. The molecule has 0 amide bonds. The van der Waals surface area contributed by atoms with Crippen LogP contribution in [0.5, 0.6) is 0 Å². The fourth-order valence-electron chi connectivity index (χ4n) is 10.1. The Bertz CT molecular complexity index is 703. The lowest BCUT2D eigenvalue weighted by atomic mass is 9.47. The van der Waals surface area contributed by atoms with E-state index in [0.29, 0.717) is 11.3 Å². The van der Waals surface area contributed by atoms with Gasteiger partial charge in [0.2, 0.25) is 0 Å². The van der Waals surface area contributed by atoms with Gasteiger partial charge in [-0.15, -0.1) is 0 Å². The molecular formula is C30H52O3. The molecule has 4 rings (SSSR count). The van der Waals surface area contributed by atoms with Crippen molar-refractivity contribution in [1.82, 2.24) is 0 Å². The predicted molar refractivity (Wildman–Crippen MR) is 135 cm³/mol. The molecule has 0 aromatic heterocycles. The van der Waals surface area contributed by atoms with Gasteiger partial charge in [-0.25, -0.2) is 0 Å². The number of aliphatic hydroxyl groups excluding tert-OH is 1. The van der Waals surface area contributed by atoms with E-state index in [4.69, 9.17) is 9.84 Å². The van der Waals surface area contributed by atoms with Gasteiger partial charge < -0.3 is 9.84 Å². The first kappa shape index (κ1) is 25.5. The third kappa shape index (κ3) is 4.43. The summed E-state index contributed by atoms with van der Waals surface area (Å²) in [7, 11) is 0. The normalized spacial score (nSPS) is 45.4. The van der Waals surface area contributed by atoms with Gasteiger partial charge in [-0.1, -0.05) is 53.9 Å². The number of aliphatic hydroxyl groups is 1. The number of carbonyl (C=O) groups is 1. The average Bonchev–Trinajstić information content (AvgIpc) is 3.25. The smallest absolute Gasteiger partial charge is 0.311 e. The van der Waals surface area contributed by atoms with E-state index in [1.165, 1.54) is 57.8 Å². The van der Waals surface area contributed by atoms with Crippen molar-refractivity contribution in [3.05, 3.63) is 0 Å². The molecule has 0 aromatic carbocycles. The van der Waals surface area contributed by atoms with Crippen LogP contribution in [-0.2, 0) is 9.53 Å². The van der Waals surface area contributed by atoms with E-state index in [1.54, 1.807) is 0 Å². The Kier molecular flexibility index (Phi) is 7.33. The van der Waals surface area contributed by atoms with Crippen LogP contribution in [0.15, 0.2) is 0 Å². The first-order chi connectivity index (χ1) is 15.5.